The summed E-state index contributed by atoms with van der Waals surface area (Å²) in [4.78, 5) is 12.6. The van der Waals surface area contributed by atoms with Crippen LogP contribution < -0.4 is 0 Å². The standard InChI is InChI=1S/C8H4F3NO/c9-5-1-7(10)6(3-12-4-13)8(11)2-5/h1-2H,3H2. The van der Waals surface area contributed by atoms with Gasteiger partial charge in [0.2, 0.25) is 6.08 Å². The van der Waals surface area contributed by atoms with Crippen LogP contribution in [0.1, 0.15) is 5.56 Å². The summed E-state index contributed by atoms with van der Waals surface area (Å²) in [6.45, 7) is -0.471. The number of hydrogen-bond donors (Lipinski definition) is 0. The van der Waals surface area contributed by atoms with Crippen molar-refractivity contribution in [2.45, 2.75) is 6.54 Å². The molecule has 1 rings (SSSR count). The molecular weight excluding hydrogens is 183 g/mol. The lowest BCUT2D eigenvalue weighted by Gasteiger charge is -1.99. The number of nitrogens with zero attached hydrogens (tertiary/aromatic N) is 1. The molecule has 0 heterocycles. The molecule has 0 saturated heterocycles. The van der Waals surface area contributed by atoms with Crippen molar-refractivity contribution in [1.82, 2.24) is 0 Å². The molecule has 5 heteroatoms. The maximum Gasteiger partial charge on any atom is 0.235 e. The Hall–Kier alpha value is -1.61. The molecule has 0 amide bonds. The van der Waals surface area contributed by atoms with E-state index in [1.54, 1.807) is 0 Å². The fourth-order valence-electron chi connectivity index (χ4n) is 0.834. The molecule has 68 valence electrons. The van der Waals surface area contributed by atoms with Gasteiger partial charge >= 0.3 is 0 Å². The van der Waals surface area contributed by atoms with Gasteiger partial charge < -0.3 is 0 Å². The maximum absolute atomic E-state index is 12.8. The molecule has 0 N–H and O–H groups in total. The number of carbonyl (C=O) groups excluding carboxylic acids is 1. The highest BCUT2D eigenvalue weighted by molar-refractivity contribution is 5.34. The molecule has 0 saturated carbocycles. The third kappa shape index (κ3) is 2.16. The van der Waals surface area contributed by atoms with Gasteiger partial charge in [0.25, 0.3) is 0 Å². The molecular formula is C8H4F3NO. The second kappa shape index (κ2) is 3.87. The Labute approximate surface area is 71.7 Å². The zero-order valence-corrected chi connectivity index (χ0v) is 6.35. The molecule has 0 radical (unpaired) electrons. The lowest BCUT2D eigenvalue weighted by molar-refractivity contribution is 0.523. The second-order valence-electron chi connectivity index (χ2n) is 2.26. The second-order valence-corrected chi connectivity index (χ2v) is 2.26. The van der Waals surface area contributed by atoms with E-state index in [4.69, 9.17) is 0 Å². The smallest absolute Gasteiger partial charge is 0.211 e. The summed E-state index contributed by atoms with van der Waals surface area (Å²) in [7, 11) is 0. The Morgan fingerprint density at radius 1 is 1.23 bits per heavy atom. The maximum atomic E-state index is 12.8. The van der Waals surface area contributed by atoms with Crippen LogP contribution >= 0.6 is 0 Å². The number of benzene rings is 1. The summed E-state index contributed by atoms with van der Waals surface area (Å²) in [5.74, 6) is -3.12. The van der Waals surface area contributed by atoms with Gasteiger partial charge in [0.15, 0.2) is 0 Å². The van der Waals surface area contributed by atoms with E-state index >= 15 is 0 Å². The van der Waals surface area contributed by atoms with Crippen molar-refractivity contribution in [2.24, 2.45) is 4.99 Å². The molecule has 1 aromatic rings. The molecule has 0 spiro atoms. The fourth-order valence-corrected chi connectivity index (χ4v) is 0.834. The highest BCUT2D eigenvalue weighted by atomic mass is 19.1. The normalized spacial score (nSPS) is 9.46. The molecule has 0 aliphatic carbocycles. The largest absolute Gasteiger partial charge is 0.235 e. The van der Waals surface area contributed by atoms with E-state index in [1.807, 2.05) is 0 Å². The van der Waals surface area contributed by atoms with Gasteiger partial charge in [-0.1, -0.05) is 0 Å². The number of aliphatic imine (C=N–C) groups is 1. The zero-order valence-electron chi connectivity index (χ0n) is 6.35. The first kappa shape index (κ1) is 9.48. The summed E-state index contributed by atoms with van der Waals surface area (Å²) >= 11 is 0. The molecule has 0 fully saturated rings. The Morgan fingerprint density at radius 3 is 2.23 bits per heavy atom. The van der Waals surface area contributed by atoms with Gasteiger partial charge in [-0.2, -0.15) is 0 Å². The van der Waals surface area contributed by atoms with Gasteiger partial charge in [-0.3, -0.25) is 0 Å². The van der Waals surface area contributed by atoms with E-state index < -0.39 is 29.6 Å². The van der Waals surface area contributed by atoms with E-state index in [9.17, 15) is 18.0 Å². The van der Waals surface area contributed by atoms with Gasteiger partial charge in [-0.05, 0) is 0 Å². The van der Waals surface area contributed by atoms with Crippen LogP contribution in [0, 0.1) is 17.5 Å². The third-order valence-electron chi connectivity index (χ3n) is 1.41. The number of hydrogen-bond acceptors (Lipinski definition) is 2. The van der Waals surface area contributed by atoms with Crippen LogP contribution in [-0.2, 0) is 11.3 Å². The van der Waals surface area contributed by atoms with E-state index in [2.05, 4.69) is 4.99 Å². The summed E-state index contributed by atoms with van der Waals surface area (Å²) < 4.78 is 37.9. The average molecular weight is 187 g/mol. The van der Waals surface area contributed by atoms with Gasteiger partial charge in [-0.15, -0.1) is 0 Å². The van der Waals surface area contributed by atoms with Crippen molar-refractivity contribution < 1.29 is 18.0 Å². The predicted molar refractivity (Wildman–Crippen MR) is 38.1 cm³/mol. The van der Waals surface area contributed by atoms with Crippen molar-refractivity contribution in [3.63, 3.8) is 0 Å². The summed E-state index contributed by atoms with van der Waals surface area (Å²) in [6.07, 6.45) is 1.13. The molecule has 0 aromatic heterocycles. The lowest BCUT2D eigenvalue weighted by atomic mass is 10.2. The molecule has 1 aromatic carbocycles. The van der Waals surface area contributed by atoms with E-state index in [-0.39, 0.29) is 0 Å². The van der Waals surface area contributed by atoms with Crippen LogP contribution in [0.15, 0.2) is 17.1 Å². The SMILES string of the molecule is O=C=NCc1c(F)cc(F)cc1F. The number of rotatable bonds is 2. The highest BCUT2D eigenvalue weighted by Crippen LogP contribution is 2.15. The van der Waals surface area contributed by atoms with E-state index in [1.165, 1.54) is 0 Å². The Balaban J connectivity index is 3.12. The quantitative estimate of drug-likeness (QED) is 0.513. The molecule has 0 atom stereocenters. The van der Waals surface area contributed by atoms with E-state index in [0.29, 0.717) is 12.1 Å². The first-order valence-electron chi connectivity index (χ1n) is 3.32. The first-order chi connectivity index (χ1) is 6.15. The monoisotopic (exact) mass is 187 g/mol. The van der Waals surface area contributed by atoms with Crippen LogP contribution in [0.2, 0.25) is 0 Å². The van der Waals surface area contributed by atoms with Gasteiger partial charge in [0.05, 0.1) is 6.54 Å². The Bertz CT molecular complexity index is 349. The van der Waals surface area contributed by atoms with E-state index in [0.717, 1.165) is 6.08 Å². The molecule has 2 nitrogen and oxygen atoms in total. The van der Waals surface area contributed by atoms with Crippen molar-refractivity contribution in [3.8, 4) is 0 Å². The summed E-state index contributed by atoms with van der Waals surface area (Å²) in [5, 5.41) is 0. The molecule has 0 aliphatic heterocycles. The highest BCUT2D eigenvalue weighted by Gasteiger charge is 2.10. The fraction of sp³-hybridized carbons (Fsp3) is 0.125. The van der Waals surface area contributed by atoms with Gasteiger partial charge in [0, 0.05) is 17.7 Å². The van der Waals surface area contributed by atoms with Crippen molar-refractivity contribution in [1.29, 1.82) is 0 Å². The topological polar surface area (TPSA) is 29.4 Å². The summed E-state index contributed by atoms with van der Waals surface area (Å²) in [5.41, 5.74) is -0.440. The van der Waals surface area contributed by atoms with Crippen LogP contribution in [0.25, 0.3) is 0 Å². The van der Waals surface area contributed by atoms with Crippen LogP contribution in [0.3, 0.4) is 0 Å². The minimum atomic E-state index is -1.06. The molecule has 0 aliphatic rings. The molecule has 0 unspecified atom stereocenters. The number of isocyanates is 1. The van der Waals surface area contributed by atoms with Crippen molar-refractivity contribution in [2.75, 3.05) is 0 Å². The molecule has 0 bridgehead atoms. The average Bonchev–Trinajstić information content (AvgIpc) is 2.02. The third-order valence-corrected chi connectivity index (χ3v) is 1.41. The van der Waals surface area contributed by atoms with Crippen molar-refractivity contribution in [3.05, 3.63) is 35.1 Å². The Kier molecular flexibility index (Phi) is 2.82. The summed E-state index contributed by atoms with van der Waals surface area (Å²) in [6, 6.07) is 1.05. The molecule has 13 heavy (non-hydrogen) atoms. The van der Waals surface area contributed by atoms with Crippen LogP contribution in [0.4, 0.5) is 13.2 Å². The van der Waals surface area contributed by atoms with Crippen LogP contribution in [0.5, 0.6) is 0 Å². The predicted octanol–water partition coefficient (Wildman–Crippen LogP) is 1.94. The van der Waals surface area contributed by atoms with Gasteiger partial charge in [0.1, 0.15) is 17.5 Å². The minimum Gasteiger partial charge on any atom is -0.211 e. The van der Waals surface area contributed by atoms with Crippen LogP contribution in [-0.4, -0.2) is 6.08 Å². The minimum absolute atomic E-state index is 0.440. The zero-order chi connectivity index (χ0) is 9.84. The Morgan fingerprint density at radius 2 is 1.77 bits per heavy atom. The first-order valence-corrected chi connectivity index (χ1v) is 3.32. The number of halogens is 3. The van der Waals surface area contributed by atoms with Gasteiger partial charge in [-0.25, -0.2) is 23.0 Å². The lowest BCUT2D eigenvalue weighted by Crippen LogP contribution is -1.95. The van der Waals surface area contributed by atoms with Crippen molar-refractivity contribution >= 4 is 6.08 Å².